The van der Waals surface area contributed by atoms with E-state index in [9.17, 15) is 9.59 Å². The van der Waals surface area contributed by atoms with Crippen molar-refractivity contribution >= 4 is 17.5 Å². The number of aryl methyl sites for hydroxylation is 1. The number of methoxy groups -OCH3 is 1. The van der Waals surface area contributed by atoms with Crippen LogP contribution in [0.25, 0.3) is 0 Å². The summed E-state index contributed by atoms with van der Waals surface area (Å²) in [5.74, 6) is 0.478. The zero-order valence-corrected chi connectivity index (χ0v) is 15.3. The van der Waals surface area contributed by atoms with Gasteiger partial charge in [0.05, 0.1) is 18.4 Å². The van der Waals surface area contributed by atoms with E-state index >= 15 is 0 Å². The Hall–Kier alpha value is -3.02. The first kappa shape index (κ1) is 19.3. The number of hydrogen-bond acceptors (Lipinski definition) is 4. The van der Waals surface area contributed by atoms with E-state index in [1.54, 1.807) is 37.4 Å². The summed E-state index contributed by atoms with van der Waals surface area (Å²) in [5.41, 5.74) is 1.90. The molecular formula is C20H24N2O4. The van der Waals surface area contributed by atoms with Gasteiger partial charge in [-0.05, 0) is 43.2 Å². The molecule has 2 amide bonds. The molecule has 2 N–H and O–H groups in total. The van der Waals surface area contributed by atoms with Crippen molar-refractivity contribution in [3.05, 3.63) is 53.6 Å². The summed E-state index contributed by atoms with van der Waals surface area (Å²) in [6, 6.07) is 12.3. The largest absolute Gasteiger partial charge is 0.493 e. The molecule has 0 spiro atoms. The first-order chi connectivity index (χ1) is 12.5. The monoisotopic (exact) mass is 356 g/mol. The molecule has 0 saturated heterocycles. The van der Waals surface area contributed by atoms with Gasteiger partial charge >= 0.3 is 0 Å². The van der Waals surface area contributed by atoms with Gasteiger partial charge in [-0.3, -0.25) is 9.59 Å². The number of rotatable bonds is 8. The van der Waals surface area contributed by atoms with Crippen LogP contribution in [-0.2, 0) is 4.79 Å². The Bertz CT molecular complexity index is 774. The van der Waals surface area contributed by atoms with Gasteiger partial charge in [-0.15, -0.1) is 0 Å². The highest BCUT2D eigenvalue weighted by Gasteiger charge is 2.13. The van der Waals surface area contributed by atoms with Crippen molar-refractivity contribution in [2.75, 3.05) is 25.6 Å². The Labute approximate surface area is 153 Å². The molecule has 0 fully saturated rings. The van der Waals surface area contributed by atoms with E-state index in [2.05, 4.69) is 10.6 Å². The van der Waals surface area contributed by atoms with E-state index in [0.717, 1.165) is 12.0 Å². The topological polar surface area (TPSA) is 76.7 Å². The third-order valence-electron chi connectivity index (χ3n) is 3.66. The average molecular weight is 356 g/mol. The minimum atomic E-state index is -0.358. The maximum atomic E-state index is 12.2. The van der Waals surface area contributed by atoms with Crippen molar-refractivity contribution in [2.24, 2.45) is 0 Å². The highest BCUT2D eigenvalue weighted by Crippen LogP contribution is 2.27. The highest BCUT2D eigenvalue weighted by atomic mass is 16.5. The van der Waals surface area contributed by atoms with Crippen LogP contribution >= 0.6 is 0 Å². The molecule has 0 aliphatic carbocycles. The minimum absolute atomic E-state index is 0.190. The summed E-state index contributed by atoms with van der Waals surface area (Å²) >= 11 is 0. The van der Waals surface area contributed by atoms with E-state index in [4.69, 9.17) is 9.47 Å². The van der Waals surface area contributed by atoms with Gasteiger partial charge in [0.1, 0.15) is 0 Å². The molecule has 0 heterocycles. The lowest BCUT2D eigenvalue weighted by Gasteiger charge is -2.13. The number of ether oxygens (including phenoxy) is 2. The van der Waals surface area contributed by atoms with Crippen LogP contribution in [0.5, 0.6) is 11.5 Å². The first-order valence-electron chi connectivity index (χ1n) is 8.49. The van der Waals surface area contributed by atoms with Crippen LogP contribution in [0.4, 0.5) is 5.69 Å². The maximum absolute atomic E-state index is 12.2. The zero-order chi connectivity index (χ0) is 18.9. The lowest BCUT2D eigenvalue weighted by Crippen LogP contribution is -2.27. The molecule has 6 nitrogen and oxygen atoms in total. The Morgan fingerprint density at radius 2 is 1.85 bits per heavy atom. The summed E-state index contributed by atoms with van der Waals surface area (Å²) in [6.07, 6.45) is 0.840. The van der Waals surface area contributed by atoms with Crippen LogP contribution in [0.3, 0.4) is 0 Å². The second-order valence-corrected chi connectivity index (χ2v) is 5.79. The summed E-state index contributed by atoms with van der Waals surface area (Å²) in [7, 11) is 1.55. The quantitative estimate of drug-likeness (QED) is 0.762. The molecule has 138 valence electrons. The molecule has 0 atom stereocenters. The fourth-order valence-corrected chi connectivity index (χ4v) is 2.35. The van der Waals surface area contributed by atoms with E-state index in [1.165, 1.54) is 0 Å². The van der Waals surface area contributed by atoms with Crippen molar-refractivity contribution in [3.63, 3.8) is 0 Å². The Kier molecular flexibility index (Phi) is 7.02. The second-order valence-electron chi connectivity index (χ2n) is 5.79. The number of carbonyl (C=O) groups excluding carboxylic acids is 2. The Balaban J connectivity index is 2.01. The Morgan fingerprint density at radius 1 is 1.08 bits per heavy atom. The maximum Gasteiger partial charge on any atom is 0.262 e. The van der Waals surface area contributed by atoms with Gasteiger partial charge in [0.15, 0.2) is 18.1 Å². The number of carbonyl (C=O) groups is 2. The lowest BCUT2D eigenvalue weighted by molar-refractivity contribution is -0.118. The molecule has 0 aromatic heterocycles. The molecule has 26 heavy (non-hydrogen) atoms. The van der Waals surface area contributed by atoms with Crippen LogP contribution in [-0.4, -0.2) is 32.1 Å². The number of para-hydroxylation sites is 1. The molecule has 0 saturated carbocycles. The highest BCUT2D eigenvalue weighted by molar-refractivity contribution is 6.04. The number of amides is 2. The number of anilines is 1. The molecule has 2 rings (SSSR count). The number of benzene rings is 2. The predicted octanol–water partition coefficient (Wildman–Crippen LogP) is 3.16. The van der Waals surface area contributed by atoms with Crippen molar-refractivity contribution < 1.29 is 19.1 Å². The van der Waals surface area contributed by atoms with Crippen molar-refractivity contribution in [3.8, 4) is 11.5 Å². The molecule has 0 aliphatic heterocycles. The molecule has 2 aromatic rings. The first-order valence-corrected chi connectivity index (χ1v) is 8.49. The smallest absolute Gasteiger partial charge is 0.262 e. The van der Waals surface area contributed by atoms with Gasteiger partial charge < -0.3 is 20.1 Å². The molecule has 0 bridgehead atoms. The molecular weight excluding hydrogens is 332 g/mol. The van der Waals surface area contributed by atoms with Crippen molar-refractivity contribution in [1.82, 2.24) is 5.32 Å². The summed E-state index contributed by atoms with van der Waals surface area (Å²) < 4.78 is 10.8. The molecule has 6 heteroatoms. The Morgan fingerprint density at radius 3 is 2.58 bits per heavy atom. The standard InChI is InChI=1S/C20H24N2O4/c1-4-11-21-20(24)15-7-5-6-8-16(15)22-19(23)13-26-17-10-9-14(2)12-18(17)25-3/h5-10,12H,4,11,13H2,1-3H3,(H,21,24)(H,22,23). The van der Waals surface area contributed by atoms with E-state index in [1.807, 2.05) is 26.0 Å². The fourth-order valence-electron chi connectivity index (χ4n) is 2.35. The molecule has 0 radical (unpaired) electrons. The SMILES string of the molecule is CCCNC(=O)c1ccccc1NC(=O)COc1ccc(C)cc1OC. The van der Waals surface area contributed by atoms with Crippen LogP contribution in [0, 0.1) is 6.92 Å². The summed E-state index contributed by atoms with van der Waals surface area (Å²) in [5, 5.41) is 5.52. The normalized spacial score (nSPS) is 10.1. The third kappa shape index (κ3) is 5.24. The van der Waals surface area contributed by atoms with Crippen LogP contribution in [0.15, 0.2) is 42.5 Å². The van der Waals surface area contributed by atoms with Crippen molar-refractivity contribution in [2.45, 2.75) is 20.3 Å². The van der Waals surface area contributed by atoms with E-state index in [-0.39, 0.29) is 18.4 Å². The van der Waals surface area contributed by atoms with Gasteiger partial charge in [-0.2, -0.15) is 0 Å². The second kappa shape index (κ2) is 9.46. The van der Waals surface area contributed by atoms with Gasteiger partial charge in [0.2, 0.25) is 0 Å². The number of hydrogen-bond donors (Lipinski definition) is 2. The molecule has 0 aliphatic rings. The lowest BCUT2D eigenvalue weighted by atomic mass is 10.1. The summed E-state index contributed by atoms with van der Waals surface area (Å²) in [4.78, 5) is 24.4. The summed E-state index contributed by atoms with van der Waals surface area (Å²) in [6.45, 7) is 4.31. The van der Waals surface area contributed by atoms with Crippen LogP contribution in [0.1, 0.15) is 29.3 Å². The minimum Gasteiger partial charge on any atom is -0.493 e. The van der Waals surface area contributed by atoms with Gasteiger partial charge in [-0.1, -0.05) is 25.1 Å². The van der Waals surface area contributed by atoms with E-state index in [0.29, 0.717) is 29.3 Å². The predicted molar refractivity (Wildman–Crippen MR) is 101 cm³/mol. The van der Waals surface area contributed by atoms with Crippen LogP contribution < -0.4 is 20.1 Å². The van der Waals surface area contributed by atoms with Crippen LogP contribution in [0.2, 0.25) is 0 Å². The van der Waals surface area contributed by atoms with E-state index < -0.39 is 0 Å². The average Bonchev–Trinajstić information content (AvgIpc) is 2.65. The number of nitrogens with one attached hydrogen (secondary N) is 2. The molecule has 0 unspecified atom stereocenters. The van der Waals surface area contributed by atoms with Crippen molar-refractivity contribution in [1.29, 1.82) is 0 Å². The third-order valence-corrected chi connectivity index (χ3v) is 3.66. The van der Waals surface area contributed by atoms with Gasteiger partial charge in [-0.25, -0.2) is 0 Å². The fraction of sp³-hybridized carbons (Fsp3) is 0.300. The zero-order valence-electron chi connectivity index (χ0n) is 15.3. The van der Waals surface area contributed by atoms with Gasteiger partial charge in [0.25, 0.3) is 11.8 Å². The molecule has 2 aromatic carbocycles. The van der Waals surface area contributed by atoms with Gasteiger partial charge in [0, 0.05) is 6.54 Å².